The minimum atomic E-state index is 0.0218. The Balaban J connectivity index is 1.28. The van der Waals surface area contributed by atoms with Crippen molar-refractivity contribution in [3.8, 4) is 0 Å². The van der Waals surface area contributed by atoms with Crippen molar-refractivity contribution in [2.24, 2.45) is 10.8 Å². The molecule has 3 saturated carbocycles. The summed E-state index contributed by atoms with van der Waals surface area (Å²) >= 11 is 0. The second-order valence-electron chi connectivity index (χ2n) is 11.0. The van der Waals surface area contributed by atoms with Crippen LogP contribution in [0.4, 0.5) is 0 Å². The topological polar surface area (TPSA) is 35.5 Å². The smallest absolute Gasteiger partial charge is 0.145 e. The van der Waals surface area contributed by atoms with Crippen LogP contribution in [-0.4, -0.2) is 31.2 Å². The molecule has 3 fully saturated rings. The average molecular weight is 435 g/mol. The second-order valence-corrected chi connectivity index (χ2v) is 11.0. The Morgan fingerprint density at radius 3 is 1.39 bits per heavy atom. The summed E-state index contributed by atoms with van der Waals surface area (Å²) in [5.74, 6) is 0.621. The van der Waals surface area contributed by atoms with Gasteiger partial charge in [0.05, 0.1) is 12.2 Å². The van der Waals surface area contributed by atoms with Crippen LogP contribution < -0.4 is 0 Å². The van der Waals surface area contributed by atoms with Crippen LogP contribution in [0.25, 0.3) is 0 Å². The highest BCUT2D eigenvalue weighted by Gasteiger charge is 2.63. The average Bonchev–Trinajstić information content (AvgIpc) is 2.80. The molecule has 0 heterocycles. The Kier molecular flexibility index (Phi) is 10.4. The fourth-order valence-corrected chi connectivity index (χ4v) is 6.60. The van der Waals surface area contributed by atoms with E-state index in [2.05, 4.69) is 13.8 Å². The summed E-state index contributed by atoms with van der Waals surface area (Å²) in [6.45, 7) is 6.35. The van der Waals surface area contributed by atoms with Crippen molar-refractivity contribution in [1.29, 1.82) is 0 Å². The van der Waals surface area contributed by atoms with Crippen LogP contribution in [0.3, 0.4) is 0 Å². The summed E-state index contributed by atoms with van der Waals surface area (Å²) in [6.07, 6.45) is 23.6. The van der Waals surface area contributed by atoms with Crippen molar-refractivity contribution in [3.05, 3.63) is 0 Å². The molecule has 2 spiro atoms. The summed E-state index contributed by atoms with van der Waals surface area (Å²) < 4.78 is 12.3. The number of hydrogen-bond acceptors (Lipinski definition) is 3. The van der Waals surface area contributed by atoms with Gasteiger partial charge >= 0.3 is 0 Å². The molecule has 31 heavy (non-hydrogen) atoms. The second kappa shape index (κ2) is 12.7. The number of rotatable bonds is 14. The standard InChI is InChI=1S/C28H50O3/c1-3-5-7-9-11-21-30-24-13-17-27(18-14-24)23-28(26(27)29)19-15-25(16-20-28)31-22-12-10-8-6-4-2/h24-25H,3-23H2,1-2H3. The van der Waals surface area contributed by atoms with E-state index in [0.717, 1.165) is 71.0 Å². The van der Waals surface area contributed by atoms with E-state index in [1.807, 2.05) is 0 Å². The Morgan fingerprint density at radius 1 is 0.645 bits per heavy atom. The molecular formula is C28H50O3. The van der Waals surface area contributed by atoms with Crippen LogP contribution in [0.1, 0.15) is 136 Å². The van der Waals surface area contributed by atoms with Gasteiger partial charge in [-0.05, 0) is 70.6 Å². The zero-order valence-corrected chi connectivity index (χ0v) is 20.7. The predicted molar refractivity (Wildman–Crippen MR) is 128 cm³/mol. The molecule has 3 nitrogen and oxygen atoms in total. The number of ether oxygens (including phenoxy) is 2. The predicted octanol–water partition coefficient (Wildman–Crippen LogP) is 7.79. The molecule has 3 heteroatoms. The van der Waals surface area contributed by atoms with Crippen LogP contribution in [0.2, 0.25) is 0 Å². The number of Topliss-reactive ketones (excluding diaryl/α,β-unsaturated/α-hetero) is 1. The molecule has 3 rings (SSSR count). The number of unbranched alkanes of at least 4 members (excludes halogenated alkanes) is 8. The lowest BCUT2D eigenvalue weighted by Crippen LogP contribution is -2.60. The van der Waals surface area contributed by atoms with Gasteiger partial charge in [-0.15, -0.1) is 0 Å². The maximum absolute atomic E-state index is 13.4. The molecule has 3 aliphatic rings. The highest BCUT2D eigenvalue weighted by Crippen LogP contribution is 2.63. The Bertz CT molecular complexity index is 468. The molecule has 0 aromatic rings. The van der Waals surface area contributed by atoms with Gasteiger partial charge in [-0.2, -0.15) is 0 Å². The van der Waals surface area contributed by atoms with E-state index >= 15 is 0 Å². The Morgan fingerprint density at radius 2 is 1.03 bits per heavy atom. The van der Waals surface area contributed by atoms with E-state index in [0.29, 0.717) is 18.0 Å². The minimum absolute atomic E-state index is 0.0218. The van der Waals surface area contributed by atoms with Crippen molar-refractivity contribution in [2.75, 3.05) is 13.2 Å². The molecule has 0 aliphatic heterocycles. The molecule has 0 aromatic carbocycles. The summed E-state index contributed by atoms with van der Waals surface area (Å²) in [4.78, 5) is 13.4. The third-order valence-electron chi connectivity index (χ3n) is 8.62. The van der Waals surface area contributed by atoms with Gasteiger partial charge in [-0.25, -0.2) is 0 Å². The van der Waals surface area contributed by atoms with Gasteiger partial charge in [0.25, 0.3) is 0 Å². The summed E-state index contributed by atoms with van der Waals surface area (Å²) in [6, 6.07) is 0. The van der Waals surface area contributed by atoms with Crippen molar-refractivity contribution >= 4 is 5.78 Å². The Hall–Kier alpha value is -0.410. The van der Waals surface area contributed by atoms with Crippen LogP contribution in [0.5, 0.6) is 0 Å². The van der Waals surface area contributed by atoms with E-state index in [4.69, 9.17) is 9.47 Å². The quantitative estimate of drug-likeness (QED) is 0.262. The molecule has 3 aliphatic carbocycles. The van der Waals surface area contributed by atoms with Gasteiger partial charge in [0, 0.05) is 24.0 Å². The molecule has 0 amide bonds. The molecule has 0 saturated heterocycles. The first-order valence-corrected chi connectivity index (χ1v) is 13.9. The van der Waals surface area contributed by atoms with Gasteiger partial charge in [-0.1, -0.05) is 65.2 Å². The lowest BCUT2D eigenvalue weighted by atomic mass is 9.44. The first kappa shape index (κ1) is 25.2. The molecule has 0 aromatic heterocycles. The molecule has 180 valence electrons. The Labute approximate surface area is 192 Å². The van der Waals surface area contributed by atoms with Crippen LogP contribution in [0, 0.1) is 10.8 Å². The fraction of sp³-hybridized carbons (Fsp3) is 0.964. The summed E-state index contributed by atoms with van der Waals surface area (Å²) in [7, 11) is 0. The van der Waals surface area contributed by atoms with E-state index in [9.17, 15) is 4.79 Å². The van der Waals surface area contributed by atoms with Gasteiger partial charge in [-0.3, -0.25) is 4.79 Å². The molecule has 0 N–H and O–H groups in total. The van der Waals surface area contributed by atoms with Crippen molar-refractivity contribution < 1.29 is 14.3 Å². The maximum atomic E-state index is 13.4. The SMILES string of the molecule is CCCCCCCOC1CCC2(CC1)CC1(CCC(OCCCCCCC)CC1)C2=O. The first-order chi connectivity index (χ1) is 15.1. The fourth-order valence-electron chi connectivity index (χ4n) is 6.60. The van der Waals surface area contributed by atoms with E-state index < -0.39 is 0 Å². The minimum Gasteiger partial charge on any atom is -0.378 e. The largest absolute Gasteiger partial charge is 0.378 e. The monoisotopic (exact) mass is 434 g/mol. The van der Waals surface area contributed by atoms with Crippen molar-refractivity contribution in [3.63, 3.8) is 0 Å². The van der Waals surface area contributed by atoms with E-state index in [1.54, 1.807) is 0 Å². The first-order valence-electron chi connectivity index (χ1n) is 13.9. The normalized spacial score (nSPS) is 33.2. The molecule has 0 radical (unpaired) electrons. The van der Waals surface area contributed by atoms with Gasteiger partial charge < -0.3 is 9.47 Å². The number of ketones is 1. The zero-order chi connectivity index (χ0) is 22.0. The maximum Gasteiger partial charge on any atom is 0.145 e. The number of hydrogen-bond donors (Lipinski definition) is 0. The zero-order valence-electron chi connectivity index (χ0n) is 20.7. The lowest BCUT2D eigenvalue weighted by Gasteiger charge is -2.59. The lowest BCUT2D eigenvalue weighted by molar-refractivity contribution is -0.173. The highest BCUT2D eigenvalue weighted by molar-refractivity contribution is 5.96. The van der Waals surface area contributed by atoms with Crippen molar-refractivity contribution in [1.82, 2.24) is 0 Å². The highest BCUT2D eigenvalue weighted by atomic mass is 16.5. The third kappa shape index (κ3) is 6.79. The van der Waals surface area contributed by atoms with E-state index in [-0.39, 0.29) is 10.8 Å². The van der Waals surface area contributed by atoms with Crippen LogP contribution in [-0.2, 0) is 14.3 Å². The molecule has 0 bridgehead atoms. The van der Waals surface area contributed by atoms with Crippen molar-refractivity contribution in [2.45, 2.75) is 148 Å². The number of carbonyl (C=O) groups excluding carboxylic acids is 1. The van der Waals surface area contributed by atoms with Crippen LogP contribution >= 0.6 is 0 Å². The van der Waals surface area contributed by atoms with Gasteiger partial charge in [0.2, 0.25) is 0 Å². The van der Waals surface area contributed by atoms with Crippen LogP contribution in [0.15, 0.2) is 0 Å². The van der Waals surface area contributed by atoms with Gasteiger partial charge in [0.15, 0.2) is 0 Å². The number of carbonyl (C=O) groups is 1. The summed E-state index contributed by atoms with van der Waals surface area (Å²) in [5, 5.41) is 0. The molecule has 0 unspecified atom stereocenters. The molecule has 0 atom stereocenters. The third-order valence-corrected chi connectivity index (χ3v) is 8.62. The summed E-state index contributed by atoms with van der Waals surface area (Å²) in [5.41, 5.74) is 0.0436. The van der Waals surface area contributed by atoms with E-state index in [1.165, 1.54) is 64.2 Å². The van der Waals surface area contributed by atoms with Gasteiger partial charge in [0.1, 0.15) is 5.78 Å². The molecular weight excluding hydrogens is 384 g/mol.